The molecule has 1 aromatic rings. The first-order valence-electron chi connectivity index (χ1n) is 5.26. The number of hydrogen-bond acceptors (Lipinski definition) is 3. The Hall–Kier alpha value is -0.900. The number of benzene rings is 1. The Morgan fingerprint density at radius 3 is 2.93 bits per heavy atom. The molecule has 1 aliphatic rings. The lowest BCUT2D eigenvalue weighted by Crippen LogP contribution is -2.18. The van der Waals surface area contributed by atoms with E-state index in [1.54, 1.807) is 0 Å². The fourth-order valence-electron chi connectivity index (χ4n) is 1.52. The van der Waals surface area contributed by atoms with E-state index in [9.17, 15) is 0 Å². The largest absolute Gasteiger partial charge is 0.371 e. The van der Waals surface area contributed by atoms with E-state index in [0.717, 1.165) is 13.0 Å². The molecular weight excluding hydrogens is 192 g/mol. The second-order valence-electron chi connectivity index (χ2n) is 3.60. The predicted molar refractivity (Wildman–Crippen MR) is 56.4 cm³/mol. The minimum atomic E-state index is 0.160. The molecule has 0 aliphatic carbocycles. The van der Waals surface area contributed by atoms with E-state index in [-0.39, 0.29) is 6.10 Å². The van der Waals surface area contributed by atoms with E-state index in [2.05, 4.69) is 12.1 Å². The summed E-state index contributed by atoms with van der Waals surface area (Å²) in [5, 5.41) is 0. The molecule has 0 unspecified atom stereocenters. The van der Waals surface area contributed by atoms with Crippen molar-refractivity contribution in [1.82, 2.24) is 0 Å². The Bertz CT molecular complexity index is 265. The third-order valence-electron chi connectivity index (χ3n) is 2.38. The van der Waals surface area contributed by atoms with Crippen LogP contribution in [0.5, 0.6) is 0 Å². The summed E-state index contributed by atoms with van der Waals surface area (Å²) >= 11 is 0. The molecule has 1 heterocycles. The molecule has 82 valence electrons. The molecule has 2 rings (SSSR count). The molecule has 1 aliphatic heterocycles. The van der Waals surface area contributed by atoms with Crippen LogP contribution in [0.1, 0.15) is 12.0 Å². The number of ether oxygens (including phenoxy) is 3. The van der Waals surface area contributed by atoms with Crippen LogP contribution in [0, 0.1) is 0 Å². The van der Waals surface area contributed by atoms with Gasteiger partial charge in [-0.15, -0.1) is 0 Å². The first-order valence-corrected chi connectivity index (χ1v) is 5.26. The van der Waals surface area contributed by atoms with Crippen LogP contribution in [0.4, 0.5) is 0 Å². The SMILES string of the molecule is c1ccc(CO[C@H]2CCOCOC2)cc1. The van der Waals surface area contributed by atoms with Crippen molar-refractivity contribution < 1.29 is 14.2 Å². The minimum Gasteiger partial charge on any atom is -0.371 e. The Labute approximate surface area is 90.0 Å². The molecular formula is C12H16O3. The molecule has 1 atom stereocenters. The molecule has 0 aromatic heterocycles. The maximum atomic E-state index is 5.74. The fourth-order valence-corrected chi connectivity index (χ4v) is 1.52. The first kappa shape index (κ1) is 10.6. The van der Waals surface area contributed by atoms with Crippen LogP contribution in [-0.4, -0.2) is 26.1 Å². The Balaban J connectivity index is 1.77. The minimum absolute atomic E-state index is 0.160. The highest BCUT2D eigenvalue weighted by atomic mass is 16.7. The van der Waals surface area contributed by atoms with Crippen LogP contribution in [-0.2, 0) is 20.8 Å². The normalized spacial score (nSPS) is 22.3. The predicted octanol–water partition coefficient (Wildman–Crippen LogP) is 1.97. The van der Waals surface area contributed by atoms with Crippen LogP contribution in [0.15, 0.2) is 30.3 Å². The Morgan fingerprint density at radius 2 is 2.07 bits per heavy atom. The average Bonchev–Trinajstić information content (AvgIpc) is 2.56. The van der Waals surface area contributed by atoms with Gasteiger partial charge in [-0.1, -0.05) is 30.3 Å². The van der Waals surface area contributed by atoms with Gasteiger partial charge in [0.1, 0.15) is 6.79 Å². The van der Waals surface area contributed by atoms with E-state index < -0.39 is 0 Å². The maximum absolute atomic E-state index is 5.74. The Morgan fingerprint density at radius 1 is 1.20 bits per heavy atom. The summed E-state index contributed by atoms with van der Waals surface area (Å²) in [6.45, 7) is 2.40. The van der Waals surface area contributed by atoms with Crippen molar-refractivity contribution in [2.75, 3.05) is 20.0 Å². The van der Waals surface area contributed by atoms with Crippen LogP contribution in [0.3, 0.4) is 0 Å². The highest BCUT2D eigenvalue weighted by Crippen LogP contribution is 2.08. The van der Waals surface area contributed by atoms with Crippen LogP contribution >= 0.6 is 0 Å². The standard InChI is InChI=1S/C12H16O3/c1-2-4-11(5-3-1)8-15-12-6-7-13-10-14-9-12/h1-5,12H,6-10H2/t12-/m0/s1. The van der Waals surface area contributed by atoms with Crippen molar-refractivity contribution in [2.45, 2.75) is 19.1 Å². The molecule has 1 saturated heterocycles. The van der Waals surface area contributed by atoms with Crippen molar-refractivity contribution in [3.63, 3.8) is 0 Å². The van der Waals surface area contributed by atoms with Crippen molar-refractivity contribution in [2.24, 2.45) is 0 Å². The van der Waals surface area contributed by atoms with Gasteiger partial charge in [0, 0.05) is 0 Å². The van der Waals surface area contributed by atoms with Gasteiger partial charge in [-0.2, -0.15) is 0 Å². The fraction of sp³-hybridized carbons (Fsp3) is 0.500. The zero-order valence-corrected chi connectivity index (χ0v) is 8.72. The summed E-state index contributed by atoms with van der Waals surface area (Å²) in [4.78, 5) is 0. The van der Waals surface area contributed by atoms with Crippen molar-refractivity contribution in [3.8, 4) is 0 Å². The second-order valence-corrected chi connectivity index (χ2v) is 3.60. The molecule has 0 radical (unpaired) electrons. The lowest BCUT2D eigenvalue weighted by atomic mass is 10.2. The smallest absolute Gasteiger partial charge is 0.146 e. The summed E-state index contributed by atoms with van der Waals surface area (Å²) in [5.74, 6) is 0. The summed E-state index contributed by atoms with van der Waals surface area (Å²) in [7, 11) is 0. The van der Waals surface area contributed by atoms with Gasteiger partial charge in [0.15, 0.2) is 0 Å². The van der Waals surface area contributed by atoms with Crippen molar-refractivity contribution >= 4 is 0 Å². The third-order valence-corrected chi connectivity index (χ3v) is 2.38. The molecule has 0 amide bonds. The molecule has 0 N–H and O–H groups in total. The molecule has 3 heteroatoms. The van der Waals surface area contributed by atoms with Gasteiger partial charge in [-0.05, 0) is 12.0 Å². The molecule has 0 bridgehead atoms. The van der Waals surface area contributed by atoms with Crippen molar-refractivity contribution in [1.29, 1.82) is 0 Å². The lowest BCUT2D eigenvalue weighted by Gasteiger charge is -2.13. The maximum Gasteiger partial charge on any atom is 0.146 e. The summed E-state index contributed by atoms with van der Waals surface area (Å²) in [5.41, 5.74) is 1.20. The molecule has 15 heavy (non-hydrogen) atoms. The van der Waals surface area contributed by atoms with E-state index in [1.807, 2.05) is 18.2 Å². The van der Waals surface area contributed by atoms with Crippen LogP contribution in [0.2, 0.25) is 0 Å². The third kappa shape index (κ3) is 3.63. The molecule has 3 nitrogen and oxygen atoms in total. The van der Waals surface area contributed by atoms with Crippen LogP contribution < -0.4 is 0 Å². The Kier molecular flexibility index (Phi) is 4.14. The number of hydrogen-bond donors (Lipinski definition) is 0. The van der Waals surface area contributed by atoms with Gasteiger partial charge in [0.05, 0.1) is 25.9 Å². The van der Waals surface area contributed by atoms with E-state index in [0.29, 0.717) is 20.0 Å². The highest BCUT2D eigenvalue weighted by Gasteiger charge is 2.12. The second kappa shape index (κ2) is 5.85. The molecule has 0 spiro atoms. The zero-order valence-electron chi connectivity index (χ0n) is 8.72. The monoisotopic (exact) mass is 208 g/mol. The van der Waals surface area contributed by atoms with Gasteiger partial charge >= 0.3 is 0 Å². The first-order chi connectivity index (χ1) is 7.45. The van der Waals surface area contributed by atoms with Crippen LogP contribution in [0.25, 0.3) is 0 Å². The highest BCUT2D eigenvalue weighted by molar-refractivity contribution is 5.13. The number of rotatable bonds is 3. The topological polar surface area (TPSA) is 27.7 Å². The van der Waals surface area contributed by atoms with Gasteiger partial charge < -0.3 is 14.2 Å². The summed E-state index contributed by atoms with van der Waals surface area (Å²) in [6.07, 6.45) is 1.07. The van der Waals surface area contributed by atoms with Gasteiger partial charge in [0.25, 0.3) is 0 Å². The zero-order chi connectivity index (χ0) is 10.3. The van der Waals surface area contributed by atoms with E-state index in [4.69, 9.17) is 14.2 Å². The van der Waals surface area contributed by atoms with Gasteiger partial charge in [0.2, 0.25) is 0 Å². The summed E-state index contributed by atoms with van der Waals surface area (Å²) < 4.78 is 16.2. The quantitative estimate of drug-likeness (QED) is 0.760. The van der Waals surface area contributed by atoms with Gasteiger partial charge in [-0.25, -0.2) is 0 Å². The van der Waals surface area contributed by atoms with E-state index in [1.165, 1.54) is 5.56 Å². The van der Waals surface area contributed by atoms with Crippen molar-refractivity contribution in [3.05, 3.63) is 35.9 Å². The molecule has 1 aromatic carbocycles. The summed E-state index contributed by atoms with van der Waals surface area (Å²) in [6, 6.07) is 10.2. The average molecular weight is 208 g/mol. The molecule has 0 saturated carbocycles. The van der Waals surface area contributed by atoms with E-state index >= 15 is 0 Å². The molecule has 1 fully saturated rings. The lowest BCUT2D eigenvalue weighted by molar-refractivity contribution is -0.0552. The van der Waals surface area contributed by atoms with Gasteiger partial charge in [-0.3, -0.25) is 0 Å².